The van der Waals surface area contributed by atoms with Gasteiger partial charge in [-0.3, -0.25) is 4.79 Å². The summed E-state index contributed by atoms with van der Waals surface area (Å²) in [5.74, 6) is -0.0591. The van der Waals surface area contributed by atoms with Crippen LogP contribution < -0.4 is 5.32 Å². The molecule has 2 aromatic rings. The number of hydrogen-bond donors (Lipinski definition) is 1. The van der Waals surface area contributed by atoms with E-state index >= 15 is 0 Å². The second-order valence-corrected chi connectivity index (χ2v) is 4.98. The molecular formula is C15H16N2O2. The zero-order valence-corrected chi connectivity index (χ0v) is 11.2. The molecule has 1 unspecified atom stereocenters. The first kappa shape index (κ1) is 13.2. The fourth-order valence-corrected chi connectivity index (χ4v) is 1.84. The van der Waals surface area contributed by atoms with Crippen LogP contribution in [0.25, 0.3) is 11.0 Å². The van der Waals surface area contributed by atoms with E-state index in [-0.39, 0.29) is 17.6 Å². The molecule has 0 aliphatic heterocycles. The molecule has 0 spiro atoms. The summed E-state index contributed by atoms with van der Waals surface area (Å²) in [6.45, 7) is 5.75. The van der Waals surface area contributed by atoms with Crippen LogP contribution in [0.5, 0.6) is 0 Å². The van der Waals surface area contributed by atoms with E-state index in [2.05, 4.69) is 11.4 Å². The summed E-state index contributed by atoms with van der Waals surface area (Å²) >= 11 is 0. The van der Waals surface area contributed by atoms with Crippen LogP contribution in [0.2, 0.25) is 0 Å². The van der Waals surface area contributed by atoms with Crippen molar-refractivity contribution >= 4 is 16.9 Å². The van der Waals surface area contributed by atoms with Crippen LogP contribution in [0.1, 0.15) is 30.0 Å². The highest BCUT2D eigenvalue weighted by Crippen LogP contribution is 2.20. The molecule has 0 fully saturated rings. The molecule has 1 amide bonds. The monoisotopic (exact) mass is 256 g/mol. The summed E-state index contributed by atoms with van der Waals surface area (Å²) in [5, 5.41) is 12.5. The Hall–Kier alpha value is -2.28. The van der Waals surface area contributed by atoms with Gasteiger partial charge in [0.25, 0.3) is 5.91 Å². The molecule has 1 N–H and O–H groups in total. The highest BCUT2D eigenvalue weighted by atomic mass is 16.3. The molecule has 1 aromatic heterocycles. The smallest absolute Gasteiger partial charge is 0.288 e. The van der Waals surface area contributed by atoms with Gasteiger partial charge >= 0.3 is 0 Å². The van der Waals surface area contributed by atoms with Gasteiger partial charge in [0.1, 0.15) is 11.6 Å². The second kappa shape index (κ2) is 5.15. The number of furan rings is 1. The highest BCUT2D eigenvalue weighted by molar-refractivity contribution is 5.96. The molecule has 0 saturated carbocycles. The van der Waals surface area contributed by atoms with Crippen LogP contribution in [0.4, 0.5) is 0 Å². The first-order valence-electron chi connectivity index (χ1n) is 6.22. The predicted octanol–water partition coefficient (Wildman–Crippen LogP) is 3.02. The van der Waals surface area contributed by atoms with Gasteiger partial charge < -0.3 is 9.73 Å². The van der Waals surface area contributed by atoms with Crippen LogP contribution in [-0.2, 0) is 0 Å². The Labute approximate surface area is 112 Å². The third kappa shape index (κ3) is 2.76. The first-order chi connectivity index (χ1) is 9.01. The van der Waals surface area contributed by atoms with Crippen molar-refractivity contribution in [3.63, 3.8) is 0 Å². The maximum atomic E-state index is 12.0. The van der Waals surface area contributed by atoms with Gasteiger partial charge in [0.15, 0.2) is 5.76 Å². The minimum atomic E-state index is -0.512. The fraction of sp³-hybridized carbons (Fsp3) is 0.333. The maximum absolute atomic E-state index is 12.0. The molecule has 1 heterocycles. The van der Waals surface area contributed by atoms with E-state index in [9.17, 15) is 4.79 Å². The number of carbonyl (C=O) groups excluding carboxylic acids is 1. The lowest BCUT2D eigenvalue weighted by Crippen LogP contribution is -2.37. The van der Waals surface area contributed by atoms with Crippen LogP contribution in [0.3, 0.4) is 0 Å². The number of amides is 1. The van der Waals surface area contributed by atoms with E-state index in [1.807, 2.05) is 39.0 Å². The topological polar surface area (TPSA) is 66.0 Å². The zero-order valence-electron chi connectivity index (χ0n) is 11.2. The molecule has 0 bridgehead atoms. The zero-order chi connectivity index (χ0) is 14.0. The lowest BCUT2D eigenvalue weighted by atomic mass is 10.1. The Morgan fingerprint density at radius 3 is 2.74 bits per heavy atom. The third-order valence-corrected chi connectivity index (χ3v) is 2.99. The summed E-state index contributed by atoms with van der Waals surface area (Å²) < 4.78 is 5.49. The number of nitriles is 1. The van der Waals surface area contributed by atoms with Crippen molar-refractivity contribution in [3.8, 4) is 6.07 Å². The number of rotatable bonds is 3. The quantitative estimate of drug-likeness (QED) is 0.917. The Morgan fingerprint density at radius 1 is 1.37 bits per heavy atom. The molecular weight excluding hydrogens is 240 g/mol. The molecule has 98 valence electrons. The van der Waals surface area contributed by atoms with Crippen LogP contribution in [0, 0.1) is 24.2 Å². The van der Waals surface area contributed by atoms with Crippen LogP contribution >= 0.6 is 0 Å². The normalized spacial score (nSPS) is 12.4. The largest absolute Gasteiger partial charge is 0.451 e. The summed E-state index contributed by atoms with van der Waals surface area (Å²) in [7, 11) is 0. The molecule has 19 heavy (non-hydrogen) atoms. The van der Waals surface area contributed by atoms with Crippen molar-refractivity contribution in [2.24, 2.45) is 5.92 Å². The Kier molecular flexibility index (Phi) is 3.57. The minimum absolute atomic E-state index is 0.0561. The van der Waals surface area contributed by atoms with Gasteiger partial charge in [-0.15, -0.1) is 0 Å². The van der Waals surface area contributed by atoms with E-state index in [4.69, 9.17) is 9.68 Å². The maximum Gasteiger partial charge on any atom is 0.288 e. The summed E-state index contributed by atoms with van der Waals surface area (Å²) in [6, 6.07) is 8.99. The van der Waals surface area contributed by atoms with Gasteiger partial charge in [-0.25, -0.2) is 0 Å². The number of carbonyl (C=O) groups is 1. The second-order valence-electron chi connectivity index (χ2n) is 4.98. The van der Waals surface area contributed by atoms with Gasteiger partial charge in [-0.05, 0) is 31.0 Å². The summed E-state index contributed by atoms with van der Waals surface area (Å²) in [5.41, 5.74) is 1.78. The van der Waals surface area contributed by atoms with Crippen molar-refractivity contribution in [1.29, 1.82) is 5.26 Å². The van der Waals surface area contributed by atoms with E-state index in [1.165, 1.54) is 0 Å². The van der Waals surface area contributed by atoms with Gasteiger partial charge in [0.05, 0.1) is 6.07 Å². The molecule has 4 nitrogen and oxygen atoms in total. The van der Waals surface area contributed by atoms with Crippen molar-refractivity contribution in [2.75, 3.05) is 0 Å². The van der Waals surface area contributed by atoms with Crippen molar-refractivity contribution < 1.29 is 9.21 Å². The Balaban J connectivity index is 2.25. The van der Waals surface area contributed by atoms with E-state index < -0.39 is 6.04 Å². The molecule has 0 saturated heterocycles. The Morgan fingerprint density at radius 2 is 2.11 bits per heavy atom. The Bertz CT molecular complexity index is 650. The number of nitrogens with zero attached hydrogens (tertiary/aromatic N) is 1. The number of aryl methyl sites for hydroxylation is 1. The molecule has 2 rings (SSSR count). The van der Waals surface area contributed by atoms with Gasteiger partial charge in [-0.1, -0.05) is 25.5 Å². The summed E-state index contributed by atoms with van der Waals surface area (Å²) in [6.07, 6.45) is 0. The molecule has 0 aliphatic carbocycles. The molecule has 4 heteroatoms. The lowest BCUT2D eigenvalue weighted by molar-refractivity contribution is 0.0912. The standard InChI is InChI=1S/C15H16N2O2/c1-9(2)12(8-16)17-15(18)14-7-11-6-10(3)4-5-13(11)19-14/h4-7,9,12H,1-3H3,(H,17,18). The molecule has 1 aromatic carbocycles. The van der Waals surface area contributed by atoms with Crippen molar-refractivity contribution in [2.45, 2.75) is 26.8 Å². The number of benzene rings is 1. The van der Waals surface area contributed by atoms with E-state index in [0.717, 1.165) is 10.9 Å². The van der Waals surface area contributed by atoms with Crippen molar-refractivity contribution in [3.05, 3.63) is 35.6 Å². The lowest BCUT2D eigenvalue weighted by Gasteiger charge is -2.13. The summed E-state index contributed by atoms with van der Waals surface area (Å²) in [4.78, 5) is 12.0. The third-order valence-electron chi connectivity index (χ3n) is 2.99. The average Bonchev–Trinajstić information content (AvgIpc) is 2.78. The highest BCUT2D eigenvalue weighted by Gasteiger charge is 2.19. The van der Waals surface area contributed by atoms with E-state index in [0.29, 0.717) is 5.58 Å². The average molecular weight is 256 g/mol. The van der Waals surface area contributed by atoms with E-state index in [1.54, 1.807) is 6.07 Å². The first-order valence-corrected chi connectivity index (χ1v) is 6.22. The number of hydrogen-bond acceptors (Lipinski definition) is 3. The molecule has 0 radical (unpaired) electrons. The minimum Gasteiger partial charge on any atom is -0.451 e. The molecule has 1 atom stereocenters. The number of fused-ring (bicyclic) bond motifs is 1. The van der Waals surface area contributed by atoms with Crippen molar-refractivity contribution in [1.82, 2.24) is 5.32 Å². The predicted molar refractivity (Wildman–Crippen MR) is 72.7 cm³/mol. The van der Waals surface area contributed by atoms with Gasteiger partial charge in [-0.2, -0.15) is 5.26 Å². The fourth-order valence-electron chi connectivity index (χ4n) is 1.84. The van der Waals surface area contributed by atoms with Gasteiger partial charge in [0.2, 0.25) is 0 Å². The van der Waals surface area contributed by atoms with Crippen LogP contribution in [0.15, 0.2) is 28.7 Å². The number of nitrogens with one attached hydrogen (secondary N) is 1. The molecule has 0 aliphatic rings. The SMILES string of the molecule is Cc1ccc2oc(C(=O)NC(C#N)C(C)C)cc2c1. The van der Waals surface area contributed by atoms with Gasteiger partial charge in [0, 0.05) is 5.39 Å². The van der Waals surface area contributed by atoms with Crippen LogP contribution in [-0.4, -0.2) is 11.9 Å².